The maximum absolute atomic E-state index is 11.4. The summed E-state index contributed by atoms with van der Waals surface area (Å²) < 4.78 is 0. The van der Waals surface area contributed by atoms with Crippen molar-refractivity contribution in [3.63, 3.8) is 0 Å². The standard InChI is InChI=1S/C14H21N3O/c1-10-8-12(15)6-7-17(10)9-11-4-2-3-5-13(11)14(16)18/h2-5,10,12H,6-9,15H2,1H3,(H2,16,18). The number of hydrogen-bond donors (Lipinski definition) is 2. The summed E-state index contributed by atoms with van der Waals surface area (Å²) in [6, 6.07) is 8.32. The van der Waals surface area contributed by atoms with E-state index in [0.29, 0.717) is 17.6 Å². The topological polar surface area (TPSA) is 72.3 Å². The number of piperidine rings is 1. The van der Waals surface area contributed by atoms with Gasteiger partial charge in [-0.2, -0.15) is 0 Å². The Kier molecular flexibility index (Phi) is 3.99. The molecule has 2 atom stereocenters. The number of hydrogen-bond acceptors (Lipinski definition) is 3. The molecule has 1 aliphatic heterocycles. The molecule has 1 aromatic carbocycles. The lowest BCUT2D eigenvalue weighted by molar-refractivity contribution is 0.0994. The number of carbonyl (C=O) groups is 1. The number of benzene rings is 1. The smallest absolute Gasteiger partial charge is 0.249 e. The van der Waals surface area contributed by atoms with Crippen molar-refractivity contribution in [2.45, 2.75) is 38.4 Å². The zero-order chi connectivity index (χ0) is 13.1. The van der Waals surface area contributed by atoms with Crippen molar-refractivity contribution in [3.05, 3.63) is 35.4 Å². The third-order valence-corrected chi connectivity index (χ3v) is 3.71. The molecule has 1 saturated heterocycles. The van der Waals surface area contributed by atoms with Crippen LogP contribution >= 0.6 is 0 Å². The van der Waals surface area contributed by atoms with Gasteiger partial charge in [0.05, 0.1) is 0 Å². The number of likely N-dealkylation sites (tertiary alicyclic amines) is 1. The van der Waals surface area contributed by atoms with Crippen LogP contribution in [0.5, 0.6) is 0 Å². The first-order valence-corrected chi connectivity index (χ1v) is 6.45. The molecule has 4 N–H and O–H groups in total. The summed E-state index contributed by atoms with van der Waals surface area (Å²) in [7, 11) is 0. The third-order valence-electron chi connectivity index (χ3n) is 3.71. The van der Waals surface area contributed by atoms with Crippen LogP contribution in [0.1, 0.15) is 35.7 Å². The maximum Gasteiger partial charge on any atom is 0.249 e. The number of rotatable bonds is 3. The van der Waals surface area contributed by atoms with Gasteiger partial charge in [0.25, 0.3) is 0 Å². The van der Waals surface area contributed by atoms with Gasteiger partial charge in [-0.25, -0.2) is 0 Å². The van der Waals surface area contributed by atoms with Crippen molar-refractivity contribution in [1.82, 2.24) is 4.90 Å². The van der Waals surface area contributed by atoms with Crippen molar-refractivity contribution in [3.8, 4) is 0 Å². The van der Waals surface area contributed by atoms with E-state index in [1.165, 1.54) is 0 Å². The summed E-state index contributed by atoms with van der Waals surface area (Å²) in [6.45, 7) is 3.94. The molecule has 0 saturated carbocycles. The molecular formula is C14H21N3O. The maximum atomic E-state index is 11.4. The third kappa shape index (κ3) is 2.89. The molecule has 0 aromatic heterocycles. The van der Waals surface area contributed by atoms with Crippen LogP contribution in [-0.4, -0.2) is 29.4 Å². The minimum absolute atomic E-state index is 0.308. The molecule has 1 aliphatic rings. The van der Waals surface area contributed by atoms with Crippen molar-refractivity contribution in [2.24, 2.45) is 11.5 Å². The van der Waals surface area contributed by atoms with Gasteiger partial charge in [-0.3, -0.25) is 9.69 Å². The van der Waals surface area contributed by atoms with Gasteiger partial charge in [-0.15, -0.1) is 0 Å². The van der Waals surface area contributed by atoms with Gasteiger partial charge in [-0.05, 0) is 31.4 Å². The molecule has 4 nitrogen and oxygen atoms in total. The van der Waals surface area contributed by atoms with Gasteiger partial charge in [0.2, 0.25) is 5.91 Å². The fraction of sp³-hybridized carbons (Fsp3) is 0.500. The second-order valence-corrected chi connectivity index (χ2v) is 5.13. The molecule has 0 aliphatic carbocycles. The largest absolute Gasteiger partial charge is 0.366 e. The normalized spacial score (nSPS) is 25.0. The zero-order valence-electron chi connectivity index (χ0n) is 10.8. The van der Waals surface area contributed by atoms with Crippen LogP contribution < -0.4 is 11.5 Å². The lowest BCUT2D eigenvalue weighted by Gasteiger charge is -2.36. The molecule has 0 bridgehead atoms. The van der Waals surface area contributed by atoms with Crippen LogP contribution in [0.25, 0.3) is 0 Å². The molecule has 18 heavy (non-hydrogen) atoms. The molecule has 98 valence electrons. The lowest BCUT2D eigenvalue weighted by atomic mass is 9.97. The van der Waals surface area contributed by atoms with Gasteiger partial charge in [0, 0.05) is 30.7 Å². The molecule has 2 unspecified atom stereocenters. The summed E-state index contributed by atoms with van der Waals surface area (Å²) in [6.07, 6.45) is 2.03. The van der Waals surface area contributed by atoms with Gasteiger partial charge in [-0.1, -0.05) is 18.2 Å². The predicted octanol–water partition coefficient (Wildman–Crippen LogP) is 1.10. The Morgan fingerprint density at radius 2 is 2.17 bits per heavy atom. The quantitative estimate of drug-likeness (QED) is 0.840. The fourth-order valence-electron chi connectivity index (χ4n) is 2.61. The van der Waals surface area contributed by atoms with Crippen LogP contribution in [0, 0.1) is 0 Å². The summed E-state index contributed by atoms with van der Waals surface area (Å²) >= 11 is 0. The van der Waals surface area contributed by atoms with Crippen molar-refractivity contribution in [1.29, 1.82) is 0 Å². The second-order valence-electron chi connectivity index (χ2n) is 5.13. The summed E-state index contributed by atoms with van der Waals surface area (Å²) in [4.78, 5) is 13.7. The predicted molar refractivity (Wildman–Crippen MR) is 72.0 cm³/mol. The minimum Gasteiger partial charge on any atom is -0.366 e. The highest BCUT2D eigenvalue weighted by atomic mass is 16.1. The molecule has 0 spiro atoms. The van der Waals surface area contributed by atoms with Crippen LogP contribution in [0.15, 0.2) is 24.3 Å². The van der Waals surface area contributed by atoms with Crippen LogP contribution in [0.4, 0.5) is 0 Å². The van der Waals surface area contributed by atoms with Crippen LogP contribution in [0.3, 0.4) is 0 Å². The van der Waals surface area contributed by atoms with E-state index in [9.17, 15) is 4.79 Å². The van der Waals surface area contributed by atoms with E-state index in [1.807, 2.05) is 18.2 Å². The Labute approximate surface area is 108 Å². The van der Waals surface area contributed by atoms with Crippen LogP contribution in [-0.2, 0) is 6.54 Å². The number of amides is 1. The second kappa shape index (κ2) is 5.50. The van der Waals surface area contributed by atoms with Crippen molar-refractivity contribution < 1.29 is 4.79 Å². The van der Waals surface area contributed by atoms with E-state index in [0.717, 1.165) is 31.5 Å². The monoisotopic (exact) mass is 247 g/mol. The molecule has 0 radical (unpaired) electrons. The number of primary amides is 1. The first-order valence-electron chi connectivity index (χ1n) is 6.45. The summed E-state index contributed by atoms with van der Waals surface area (Å²) in [5, 5.41) is 0. The summed E-state index contributed by atoms with van der Waals surface area (Å²) in [5.41, 5.74) is 13.0. The summed E-state index contributed by atoms with van der Waals surface area (Å²) in [5.74, 6) is -0.355. The average Bonchev–Trinajstić information content (AvgIpc) is 2.33. The van der Waals surface area contributed by atoms with E-state index in [4.69, 9.17) is 11.5 Å². The fourth-order valence-corrected chi connectivity index (χ4v) is 2.61. The highest BCUT2D eigenvalue weighted by molar-refractivity contribution is 5.94. The first-order chi connectivity index (χ1) is 8.58. The molecule has 2 rings (SSSR count). The molecule has 1 aromatic rings. The number of nitrogens with two attached hydrogens (primary N) is 2. The van der Waals surface area contributed by atoms with Gasteiger partial charge < -0.3 is 11.5 Å². The molecular weight excluding hydrogens is 226 g/mol. The molecule has 4 heteroatoms. The Balaban J connectivity index is 2.12. The highest BCUT2D eigenvalue weighted by Crippen LogP contribution is 2.20. The lowest BCUT2D eigenvalue weighted by Crippen LogP contribution is -2.45. The SMILES string of the molecule is CC1CC(N)CCN1Cc1ccccc1C(N)=O. The van der Waals surface area contributed by atoms with Gasteiger partial charge in [0.15, 0.2) is 0 Å². The van der Waals surface area contributed by atoms with E-state index < -0.39 is 0 Å². The van der Waals surface area contributed by atoms with E-state index >= 15 is 0 Å². The van der Waals surface area contributed by atoms with Gasteiger partial charge in [0.1, 0.15) is 0 Å². The number of carbonyl (C=O) groups excluding carboxylic acids is 1. The Hall–Kier alpha value is -1.39. The van der Waals surface area contributed by atoms with E-state index in [-0.39, 0.29) is 5.91 Å². The zero-order valence-corrected chi connectivity index (χ0v) is 10.8. The highest BCUT2D eigenvalue weighted by Gasteiger charge is 2.23. The Morgan fingerprint density at radius 3 is 2.83 bits per heavy atom. The Morgan fingerprint density at radius 1 is 1.44 bits per heavy atom. The van der Waals surface area contributed by atoms with E-state index in [2.05, 4.69) is 11.8 Å². The first kappa shape index (κ1) is 13.1. The Bertz CT molecular complexity index is 433. The molecule has 1 amide bonds. The molecule has 1 heterocycles. The van der Waals surface area contributed by atoms with Gasteiger partial charge >= 0.3 is 0 Å². The van der Waals surface area contributed by atoms with Crippen molar-refractivity contribution >= 4 is 5.91 Å². The molecule has 1 fully saturated rings. The van der Waals surface area contributed by atoms with E-state index in [1.54, 1.807) is 6.07 Å². The number of nitrogens with zero attached hydrogens (tertiary/aromatic N) is 1. The average molecular weight is 247 g/mol. The van der Waals surface area contributed by atoms with Crippen LogP contribution in [0.2, 0.25) is 0 Å². The minimum atomic E-state index is -0.355. The van der Waals surface area contributed by atoms with Crippen molar-refractivity contribution in [2.75, 3.05) is 6.54 Å².